The molecule has 260 valence electrons. The molecule has 4 aromatic heterocycles. The molecule has 0 unspecified atom stereocenters. The normalized spacial score (nSPS) is 11.9. The molecule has 8 aromatic carbocycles. The van der Waals surface area contributed by atoms with Crippen LogP contribution in [-0.4, -0.2) is 24.1 Å². The molecular formula is C51H31N5. The maximum Gasteiger partial charge on any atom is 0.237 e. The number of hydrogen-bond donors (Lipinski definition) is 0. The molecule has 5 heteroatoms. The van der Waals surface area contributed by atoms with Crippen molar-refractivity contribution < 1.29 is 0 Å². The molecule has 56 heavy (non-hydrogen) atoms. The predicted octanol–water partition coefficient (Wildman–Crippen LogP) is 12.9. The summed E-state index contributed by atoms with van der Waals surface area (Å²) >= 11 is 0. The quantitative estimate of drug-likeness (QED) is 0.182. The monoisotopic (exact) mass is 713 g/mol. The van der Waals surface area contributed by atoms with Crippen molar-refractivity contribution in [1.82, 2.24) is 24.1 Å². The van der Waals surface area contributed by atoms with Gasteiger partial charge in [0, 0.05) is 49.8 Å². The lowest BCUT2D eigenvalue weighted by Crippen LogP contribution is -2.04. The summed E-state index contributed by atoms with van der Waals surface area (Å²) in [5, 5.41) is 10.5. The fourth-order valence-electron chi connectivity index (χ4n) is 9.03. The molecule has 12 rings (SSSR count). The van der Waals surface area contributed by atoms with Crippen molar-refractivity contribution in [2.75, 3.05) is 0 Å². The van der Waals surface area contributed by atoms with Crippen LogP contribution in [0.25, 0.3) is 110 Å². The Labute approximate surface area is 321 Å². The third-order valence-electron chi connectivity index (χ3n) is 11.4. The Hall–Kier alpha value is -7.63. The number of para-hydroxylation sites is 3. The highest BCUT2D eigenvalue weighted by atomic mass is 15.2. The van der Waals surface area contributed by atoms with Crippen LogP contribution in [0.5, 0.6) is 0 Å². The van der Waals surface area contributed by atoms with Gasteiger partial charge in [-0.15, -0.1) is 0 Å². The molecule has 0 N–H and O–H groups in total. The summed E-state index contributed by atoms with van der Waals surface area (Å²) < 4.78 is 4.66. The zero-order valence-electron chi connectivity index (χ0n) is 30.1. The van der Waals surface area contributed by atoms with Crippen LogP contribution in [0.2, 0.25) is 0 Å². The molecule has 0 aliphatic heterocycles. The minimum atomic E-state index is 0.596. The molecule has 5 nitrogen and oxygen atoms in total. The SMILES string of the molecule is c1ccc(-c2nc(-n3c4ccccc4c4cc(-c5cc6c(c7ccccc57)c5ccccc5n6-c5ccccc5)c5ccccc5c43)nc3ncccc23)cc1. The van der Waals surface area contributed by atoms with E-state index in [0.29, 0.717) is 11.6 Å². The Bertz CT molecular complexity index is 3530. The van der Waals surface area contributed by atoms with Gasteiger partial charge in [0.05, 0.1) is 27.8 Å². The second-order valence-electron chi connectivity index (χ2n) is 14.4. The van der Waals surface area contributed by atoms with Crippen LogP contribution in [0.1, 0.15) is 0 Å². The van der Waals surface area contributed by atoms with Gasteiger partial charge in [-0.3, -0.25) is 4.57 Å². The van der Waals surface area contributed by atoms with Crippen molar-refractivity contribution in [2.24, 2.45) is 0 Å². The summed E-state index contributed by atoms with van der Waals surface area (Å²) in [6, 6.07) is 65.0. The van der Waals surface area contributed by atoms with Gasteiger partial charge in [-0.05, 0) is 75.8 Å². The molecule has 12 aromatic rings. The smallest absolute Gasteiger partial charge is 0.237 e. The van der Waals surface area contributed by atoms with Gasteiger partial charge in [-0.1, -0.05) is 133 Å². The lowest BCUT2D eigenvalue weighted by molar-refractivity contribution is 1.01. The van der Waals surface area contributed by atoms with Crippen LogP contribution >= 0.6 is 0 Å². The summed E-state index contributed by atoms with van der Waals surface area (Å²) in [5.41, 5.74) is 10.6. The number of fused-ring (bicyclic) bond motifs is 11. The lowest BCUT2D eigenvalue weighted by Gasteiger charge is -2.16. The molecule has 0 aliphatic carbocycles. The molecule has 0 atom stereocenters. The van der Waals surface area contributed by atoms with Gasteiger partial charge in [-0.25, -0.2) is 9.97 Å². The first-order chi connectivity index (χ1) is 27.8. The molecular weight excluding hydrogens is 683 g/mol. The number of nitrogens with zero attached hydrogens (tertiary/aromatic N) is 5. The molecule has 0 spiro atoms. The largest absolute Gasteiger partial charge is 0.309 e. The second-order valence-corrected chi connectivity index (χ2v) is 14.4. The van der Waals surface area contributed by atoms with Gasteiger partial charge < -0.3 is 4.57 Å². The molecule has 0 amide bonds. The van der Waals surface area contributed by atoms with E-state index in [9.17, 15) is 0 Å². The number of pyridine rings is 1. The van der Waals surface area contributed by atoms with Gasteiger partial charge in [0.2, 0.25) is 5.95 Å². The summed E-state index contributed by atoms with van der Waals surface area (Å²) in [6.07, 6.45) is 1.81. The molecule has 0 bridgehead atoms. The van der Waals surface area contributed by atoms with Crippen molar-refractivity contribution in [2.45, 2.75) is 0 Å². The van der Waals surface area contributed by atoms with Crippen LogP contribution in [-0.2, 0) is 0 Å². The number of aromatic nitrogens is 5. The third kappa shape index (κ3) is 4.39. The lowest BCUT2D eigenvalue weighted by atomic mass is 9.90. The standard InChI is InChI=1S/C51H31N5/c1-3-16-32(17-4-1)48-40-26-15-29-52-50(40)54-51(53-48)56-44-27-13-11-22-36(44)43-30-41(35-21-8-10-24-38(35)49(43)56)42-31-46-47(37-23-9-7-20-34(37)42)39-25-12-14-28-45(39)55(46)33-18-5-2-6-19-33/h1-31H. The van der Waals surface area contributed by atoms with E-state index in [0.717, 1.165) is 54.9 Å². The minimum absolute atomic E-state index is 0.596. The Morgan fingerprint density at radius 1 is 0.375 bits per heavy atom. The first-order valence-corrected chi connectivity index (χ1v) is 19.0. The van der Waals surface area contributed by atoms with Gasteiger partial charge in [0.25, 0.3) is 0 Å². The van der Waals surface area contributed by atoms with Crippen LogP contribution in [0.4, 0.5) is 0 Å². The van der Waals surface area contributed by atoms with Gasteiger partial charge in [0.1, 0.15) is 0 Å². The number of benzene rings is 8. The van der Waals surface area contributed by atoms with Gasteiger partial charge in [0.15, 0.2) is 5.65 Å². The Morgan fingerprint density at radius 3 is 1.71 bits per heavy atom. The van der Waals surface area contributed by atoms with E-state index < -0.39 is 0 Å². The van der Waals surface area contributed by atoms with E-state index >= 15 is 0 Å². The fourth-order valence-corrected chi connectivity index (χ4v) is 9.03. The van der Waals surface area contributed by atoms with E-state index in [4.69, 9.17) is 15.0 Å². The highest BCUT2D eigenvalue weighted by molar-refractivity contribution is 6.27. The van der Waals surface area contributed by atoms with Crippen molar-refractivity contribution >= 4 is 76.2 Å². The van der Waals surface area contributed by atoms with Crippen molar-refractivity contribution in [3.8, 4) is 34.0 Å². The molecule has 4 heterocycles. The second kappa shape index (κ2) is 11.9. The molecule has 0 saturated carbocycles. The van der Waals surface area contributed by atoms with E-state index in [1.807, 2.05) is 12.1 Å². The zero-order valence-corrected chi connectivity index (χ0v) is 30.1. The molecule has 0 radical (unpaired) electrons. The fraction of sp³-hybridized carbons (Fsp3) is 0. The summed E-state index contributed by atoms with van der Waals surface area (Å²) in [7, 11) is 0. The summed E-state index contributed by atoms with van der Waals surface area (Å²) in [6.45, 7) is 0. The topological polar surface area (TPSA) is 48.5 Å². The predicted molar refractivity (Wildman–Crippen MR) is 232 cm³/mol. The highest BCUT2D eigenvalue weighted by Gasteiger charge is 2.23. The maximum atomic E-state index is 5.34. The first-order valence-electron chi connectivity index (χ1n) is 19.0. The van der Waals surface area contributed by atoms with Crippen LogP contribution in [0.15, 0.2) is 188 Å². The third-order valence-corrected chi connectivity index (χ3v) is 11.4. The Kier molecular flexibility index (Phi) is 6.56. The van der Waals surface area contributed by atoms with Crippen LogP contribution in [0, 0.1) is 0 Å². The van der Waals surface area contributed by atoms with Crippen LogP contribution in [0.3, 0.4) is 0 Å². The summed E-state index contributed by atoms with van der Waals surface area (Å²) in [4.78, 5) is 15.3. The van der Waals surface area contributed by atoms with Gasteiger partial charge in [-0.2, -0.15) is 4.98 Å². The van der Waals surface area contributed by atoms with Gasteiger partial charge >= 0.3 is 0 Å². The zero-order chi connectivity index (χ0) is 36.7. The Balaban J connectivity index is 1.22. The molecule has 0 aliphatic rings. The average molecular weight is 714 g/mol. The van der Waals surface area contributed by atoms with E-state index in [1.54, 1.807) is 6.20 Å². The van der Waals surface area contributed by atoms with Crippen molar-refractivity contribution in [3.63, 3.8) is 0 Å². The first kappa shape index (κ1) is 30.8. The summed E-state index contributed by atoms with van der Waals surface area (Å²) in [5.74, 6) is 0.596. The molecule has 0 saturated heterocycles. The maximum absolute atomic E-state index is 5.34. The minimum Gasteiger partial charge on any atom is -0.309 e. The average Bonchev–Trinajstić information content (AvgIpc) is 3.79. The Morgan fingerprint density at radius 2 is 0.946 bits per heavy atom. The van der Waals surface area contributed by atoms with Crippen molar-refractivity contribution in [3.05, 3.63) is 188 Å². The van der Waals surface area contributed by atoms with E-state index in [2.05, 4.69) is 179 Å². The van der Waals surface area contributed by atoms with Crippen molar-refractivity contribution in [1.29, 1.82) is 0 Å². The highest BCUT2D eigenvalue weighted by Crippen LogP contribution is 2.46. The number of rotatable bonds is 4. The number of hydrogen-bond acceptors (Lipinski definition) is 3. The van der Waals surface area contributed by atoms with E-state index in [-0.39, 0.29) is 0 Å². The van der Waals surface area contributed by atoms with E-state index in [1.165, 1.54) is 43.7 Å². The molecule has 0 fully saturated rings. The van der Waals surface area contributed by atoms with Crippen LogP contribution < -0.4 is 0 Å².